The second kappa shape index (κ2) is 7.55. The Bertz CT molecular complexity index is 911. The zero-order valence-corrected chi connectivity index (χ0v) is 15.3. The Balaban J connectivity index is 1.58. The van der Waals surface area contributed by atoms with Gasteiger partial charge in [-0.15, -0.1) is 0 Å². The maximum atomic E-state index is 13.0. The topological polar surface area (TPSA) is 75.3 Å². The van der Waals surface area contributed by atoms with Crippen LogP contribution in [0.3, 0.4) is 0 Å². The second-order valence-electron chi connectivity index (χ2n) is 6.50. The summed E-state index contributed by atoms with van der Waals surface area (Å²) in [6.07, 6.45) is -0.147. The van der Waals surface area contributed by atoms with Crippen LogP contribution in [0.5, 0.6) is 0 Å². The first-order chi connectivity index (χ1) is 12.4. The fourth-order valence-electron chi connectivity index (χ4n) is 2.96. The lowest BCUT2D eigenvalue weighted by molar-refractivity contribution is -0.121. The Kier molecular flexibility index (Phi) is 5.38. The molecule has 0 aromatic heterocycles. The van der Waals surface area contributed by atoms with E-state index < -0.39 is 20.9 Å². The summed E-state index contributed by atoms with van der Waals surface area (Å²) in [6, 6.07) is 10.7. The lowest BCUT2D eigenvalue weighted by Gasteiger charge is -2.13. The smallest absolute Gasteiger partial charge is 0.221 e. The summed E-state index contributed by atoms with van der Waals surface area (Å²) in [5.74, 6) is -0.833. The van der Waals surface area contributed by atoms with Crippen molar-refractivity contribution in [1.29, 1.82) is 0 Å². The van der Waals surface area contributed by atoms with E-state index in [1.165, 1.54) is 30.2 Å². The number of carbonyl (C=O) groups is 1. The lowest BCUT2D eigenvalue weighted by Crippen LogP contribution is -2.29. The minimum atomic E-state index is -3.68. The molecular formula is C19H21FN2O3S. The molecule has 5 nitrogen and oxygen atoms in total. The van der Waals surface area contributed by atoms with Gasteiger partial charge in [0.2, 0.25) is 5.91 Å². The molecule has 0 radical (unpaired) electrons. The van der Waals surface area contributed by atoms with E-state index in [1.807, 2.05) is 18.2 Å². The molecule has 2 N–H and O–H groups in total. The van der Waals surface area contributed by atoms with E-state index in [0.717, 1.165) is 30.8 Å². The number of carbonyl (C=O) groups excluding carboxylic acids is 1. The molecular weight excluding hydrogens is 355 g/mol. The van der Waals surface area contributed by atoms with Crippen LogP contribution in [0.15, 0.2) is 47.4 Å². The fraction of sp³-hybridized carbons (Fsp3) is 0.316. The summed E-state index contributed by atoms with van der Waals surface area (Å²) in [6.45, 7) is 3.53. The molecule has 2 aromatic carbocycles. The van der Waals surface area contributed by atoms with E-state index in [4.69, 9.17) is 0 Å². The number of halogens is 1. The van der Waals surface area contributed by atoms with Crippen molar-refractivity contribution in [3.8, 4) is 0 Å². The van der Waals surface area contributed by atoms with E-state index in [0.29, 0.717) is 6.54 Å². The fourth-order valence-corrected chi connectivity index (χ4v) is 4.31. The summed E-state index contributed by atoms with van der Waals surface area (Å²) in [5, 5.41) is 5.14. The Labute approximate surface area is 152 Å². The summed E-state index contributed by atoms with van der Waals surface area (Å²) < 4.78 is 37.9. The van der Waals surface area contributed by atoms with Crippen molar-refractivity contribution in [3.05, 3.63) is 65.0 Å². The third kappa shape index (κ3) is 4.11. The molecule has 0 bridgehead atoms. The molecule has 26 heavy (non-hydrogen) atoms. The van der Waals surface area contributed by atoms with Gasteiger partial charge in [0.1, 0.15) is 5.82 Å². The van der Waals surface area contributed by atoms with Crippen molar-refractivity contribution in [1.82, 2.24) is 10.6 Å². The molecule has 0 saturated carbocycles. The summed E-state index contributed by atoms with van der Waals surface area (Å²) in [7, 11) is -3.68. The molecule has 3 rings (SSSR count). The number of nitrogens with one attached hydrogen (secondary N) is 2. The van der Waals surface area contributed by atoms with Gasteiger partial charge in [0.15, 0.2) is 9.84 Å². The molecule has 1 heterocycles. The zero-order valence-electron chi connectivity index (χ0n) is 14.5. The molecule has 1 aliphatic rings. The minimum Gasteiger partial charge on any atom is -0.352 e. The van der Waals surface area contributed by atoms with Crippen molar-refractivity contribution in [2.45, 2.75) is 43.1 Å². The van der Waals surface area contributed by atoms with E-state index >= 15 is 0 Å². The van der Waals surface area contributed by atoms with Crippen LogP contribution in [-0.4, -0.2) is 19.6 Å². The Morgan fingerprint density at radius 3 is 2.58 bits per heavy atom. The third-order valence-corrected chi connectivity index (χ3v) is 6.69. The molecule has 1 amide bonds. The summed E-state index contributed by atoms with van der Waals surface area (Å²) in [4.78, 5) is 12.2. The van der Waals surface area contributed by atoms with Gasteiger partial charge >= 0.3 is 0 Å². The predicted octanol–water partition coefficient (Wildman–Crippen LogP) is 2.30. The van der Waals surface area contributed by atoms with Gasteiger partial charge in [-0.3, -0.25) is 4.79 Å². The van der Waals surface area contributed by atoms with E-state index in [2.05, 4.69) is 10.6 Å². The SMILES string of the molecule is CC(CC(=O)NCc1ccc2c(c1)CNC2)S(=O)(=O)c1ccc(F)cc1. The lowest BCUT2D eigenvalue weighted by atomic mass is 10.1. The molecule has 0 spiro atoms. The van der Waals surface area contributed by atoms with Crippen LogP contribution in [0.25, 0.3) is 0 Å². The largest absolute Gasteiger partial charge is 0.352 e. The van der Waals surface area contributed by atoms with Crippen LogP contribution in [0, 0.1) is 5.82 Å². The number of amides is 1. The standard InChI is InChI=1S/C19H21FN2O3S/c1-13(26(24,25)18-6-4-17(20)5-7-18)8-19(23)22-10-14-2-3-15-11-21-12-16(15)9-14/h2-7,9,13,21H,8,10-12H2,1H3,(H,22,23). The quantitative estimate of drug-likeness (QED) is 0.759. The van der Waals surface area contributed by atoms with Crippen molar-refractivity contribution >= 4 is 15.7 Å². The summed E-state index contributed by atoms with van der Waals surface area (Å²) >= 11 is 0. The second-order valence-corrected chi connectivity index (χ2v) is 8.86. The van der Waals surface area contributed by atoms with Crippen LogP contribution in [0.2, 0.25) is 0 Å². The molecule has 1 atom stereocenters. The Morgan fingerprint density at radius 1 is 1.15 bits per heavy atom. The first-order valence-electron chi connectivity index (χ1n) is 8.44. The zero-order chi connectivity index (χ0) is 18.7. The number of hydrogen-bond donors (Lipinski definition) is 2. The highest BCUT2D eigenvalue weighted by Crippen LogP contribution is 2.19. The number of benzene rings is 2. The third-order valence-electron chi connectivity index (χ3n) is 4.54. The molecule has 138 valence electrons. The van der Waals surface area contributed by atoms with E-state index in [-0.39, 0.29) is 17.2 Å². The van der Waals surface area contributed by atoms with Gasteiger partial charge in [0.05, 0.1) is 10.1 Å². The van der Waals surface area contributed by atoms with Crippen LogP contribution < -0.4 is 10.6 Å². The van der Waals surface area contributed by atoms with Crippen LogP contribution in [0.1, 0.15) is 30.0 Å². The van der Waals surface area contributed by atoms with Crippen LogP contribution in [0.4, 0.5) is 4.39 Å². The van der Waals surface area contributed by atoms with Gasteiger partial charge in [-0.25, -0.2) is 12.8 Å². The minimum absolute atomic E-state index is 0.0188. The van der Waals surface area contributed by atoms with E-state index in [9.17, 15) is 17.6 Å². The first kappa shape index (κ1) is 18.5. The molecule has 0 aliphatic carbocycles. The first-order valence-corrected chi connectivity index (χ1v) is 9.98. The van der Waals surface area contributed by atoms with E-state index in [1.54, 1.807) is 0 Å². The number of hydrogen-bond acceptors (Lipinski definition) is 4. The Hall–Kier alpha value is -2.25. The normalized spacial score (nSPS) is 14.7. The van der Waals surface area contributed by atoms with Gasteiger partial charge < -0.3 is 10.6 Å². The molecule has 0 fully saturated rings. The maximum Gasteiger partial charge on any atom is 0.221 e. The highest BCUT2D eigenvalue weighted by Gasteiger charge is 2.25. The van der Waals surface area contributed by atoms with Gasteiger partial charge in [0.25, 0.3) is 0 Å². The Morgan fingerprint density at radius 2 is 1.85 bits per heavy atom. The molecule has 7 heteroatoms. The molecule has 1 aliphatic heterocycles. The van der Waals surface area contributed by atoms with Crippen molar-refractivity contribution < 1.29 is 17.6 Å². The van der Waals surface area contributed by atoms with Crippen LogP contribution in [-0.2, 0) is 34.3 Å². The predicted molar refractivity (Wildman–Crippen MR) is 96.5 cm³/mol. The van der Waals surface area contributed by atoms with Gasteiger partial charge in [-0.05, 0) is 47.9 Å². The van der Waals surface area contributed by atoms with Crippen molar-refractivity contribution in [2.24, 2.45) is 0 Å². The average molecular weight is 376 g/mol. The van der Waals surface area contributed by atoms with Crippen molar-refractivity contribution in [3.63, 3.8) is 0 Å². The molecule has 1 unspecified atom stereocenters. The number of sulfone groups is 1. The van der Waals surface area contributed by atoms with Gasteiger partial charge in [0, 0.05) is 26.1 Å². The number of rotatable bonds is 6. The highest BCUT2D eigenvalue weighted by atomic mass is 32.2. The monoisotopic (exact) mass is 376 g/mol. The van der Waals surface area contributed by atoms with Gasteiger partial charge in [-0.1, -0.05) is 18.2 Å². The van der Waals surface area contributed by atoms with Crippen LogP contribution >= 0.6 is 0 Å². The molecule has 0 saturated heterocycles. The van der Waals surface area contributed by atoms with Gasteiger partial charge in [-0.2, -0.15) is 0 Å². The highest BCUT2D eigenvalue weighted by molar-refractivity contribution is 7.92. The molecule has 2 aromatic rings. The summed E-state index contributed by atoms with van der Waals surface area (Å²) in [5.41, 5.74) is 3.47. The van der Waals surface area contributed by atoms with Crippen molar-refractivity contribution in [2.75, 3.05) is 0 Å². The number of fused-ring (bicyclic) bond motifs is 1. The maximum absolute atomic E-state index is 13.0. The average Bonchev–Trinajstić information content (AvgIpc) is 3.08.